The van der Waals surface area contributed by atoms with E-state index in [1.807, 2.05) is 0 Å². The second-order valence-electron chi connectivity index (χ2n) is 7.48. The van der Waals surface area contributed by atoms with Gasteiger partial charge < -0.3 is 4.74 Å². The van der Waals surface area contributed by atoms with Gasteiger partial charge in [0.15, 0.2) is 0 Å². The van der Waals surface area contributed by atoms with Crippen molar-refractivity contribution in [3.8, 4) is 5.75 Å². The van der Waals surface area contributed by atoms with E-state index in [0.29, 0.717) is 5.41 Å². The van der Waals surface area contributed by atoms with Crippen molar-refractivity contribution in [2.45, 2.75) is 57.8 Å². The Balaban J connectivity index is 1.72. The first-order chi connectivity index (χ1) is 9.71. The highest BCUT2D eigenvalue weighted by molar-refractivity contribution is 5.40. The van der Waals surface area contributed by atoms with Gasteiger partial charge in [0.05, 0.1) is 7.11 Å². The third-order valence-electron chi connectivity index (χ3n) is 6.63. The predicted molar refractivity (Wildman–Crippen MR) is 81.1 cm³/mol. The summed E-state index contributed by atoms with van der Waals surface area (Å²) in [7, 11) is 1.76. The van der Waals surface area contributed by atoms with Crippen LogP contribution in [0.2, 0.25) is 0 Å². The van der Waals surface area contributed by atoms with Crippen molar-refractivity contribution in [2.24, 2.45) is 17.3 Å². The summed E-state index contributed by atoms with van der Waals surface area (Å²) in [5.41, 5.74) is 3.78. The van der Waals surface area contributed by atoms with E-state index < -0.39 is 0 Å². The normalized spacial score (nSPS) is 38.8. The Labute approximate surface area is 122 Å². The second-order valence-corrected chi connectivity index (χ2v) is 7.48. The molecule has 0 spiro atoms. The van der Waals surface area contributed by atoms with E-state index in [4.69, 9.17) is 4.74 Å². The molecule has 1 aromatic carbocycles. The Morgan fingerprint density at radius 2 is 2.15 bits per heavy atom. The Bertz CT molecular complexity index is 520. The predicted octanol–water partition coefficient (Wildman–Crippen LogP) is 4.74. The number of methoxy groups -OCH3 is 1. The summed E-state index contributed by atoms with van der Waals surface area (Å²) >= 11 is 0. The molecule has 3 aliphatic carbocycles. The molecule has 0 heterocycles. The number of rotatable bonds is 1. The maximum Gasteiger partial charge on any atom is 0.127 e. The third-order valence-corrected chi connectivity index (χ3v) is 6.63. The molecule has 0 N–H and O–H groups in total. The van der Waals surface area contributed by atoms with Gasteiger partial charge in [-0.3, -0.25) is 0 Å². The molecule has 3 aliphatic rings. The van der Waals surface area contributed by atoms with Gasteiger partial charge in [0.25, 0.3) is 0 Å². The summed E-state index contributed by atoms with van der Waals surface area (Å²) in [4.78, 5) is 0. The molecule has 2 fully saturated rings. The molecular formula is C19H25O. The Hall–Kier alpha value is -0.980. The van der Waals surface area contributed by atoms with E-state index in [2.05, 4.69) is 25.1 Å². The maximum absolute atomic E-state index is 5.41. The molecule has 1 heteroatoms. The van der Waals surface area contributed by atoms with E-state index in [-0.39, 0.29) is 0 Å². The molecule has 1 aromatic rings. The van der Waals surface area contributed by atoms with Gasteiger partial charge in [-0.25, -0.2) is 0 Å². The lowest BCUT2D eigenvalue weighted by atomic mass is 9.56. The minimum atomic E-state index is 0.656. The molecule has 0 bridgehead atoms. The fourth-order valence-electron chi connectivity index (χ4n) is 5.59. The first-order valence-corrected chi connectivity index (χ1v) is 8.30. The average Bonchev–Trinajstić information content (AvgIpc) is 2.88. The van der Waals surface area contributed by atoms with Crippen LogP contribution in [0, 0.1) is 23.3 Å². The number of ether oxygens (including phenoxy) is 1. The van der Waals surface area contributed by atoms with Crippen molar-refractivity contribution in [3.05, 3.63) is 29.3 Å². The lowest BCUT2D eigenvalue weighted by Gasteiger charge is -2.49. The number of benzene rings is 1. The number of aryl methyl sites for hydroxylation is 1. The highest BCUT2D eigenvalue weighted by atomic mass is 16.5. The van der Waals surface area contributed by atoms with Crippen LogP contribution in [0.5, 0.6) is 5.75 Å². The van der Waals surface area contributed by atoms with Crippen LogP contribution in [0.15, 0.2) is 12.1 Å². The zero-order valence-corrected chi connectivity index (χ0v) is 12.7. The van der Waals surface area contributed by atoms with Gasteiger partial charge in [0, 0.05) is 6.07 Å². The molecule has 0 amide bonds. The van der Waals surface area contributed by atoms with Crippen molar-refractivity contribution in [2.75, 3.05) is 7.11 Å². The van der Waals surface area contributed by atoms with E-state index in [9.17, 15) is 0 Å². The SMILES string of the molecule is COc1[c]cc2c(c1)[C@H]1CC[C@]3(C)CCC[C@H]3[C@@H]1CC2. The molecule has 20 heavy (non-hydrogen) atoms. The highest BCUT2D eigenvalue weighted by Crippen LogP contribution is 2.60. The van der Waals surface area contributed by atoms with Crippen LogP contribution in [-0.2, 0) is 6.42 Å². The number of hydrogen-bond acceptors (Lipinski definition) is 1. The van der Waals surface area contributed by atoms with Gasteiger partial charge in [-0.2, -0.15) is 0 Å². The zero-order valence-electron chi connectivity index (χ0n) is 12.7. The van der Waals surface area contributed by atoms with Crippen LogP contribution < -0.4 is 4.74 Å². The van der Waals surface area contributed by atoms with Crippen molar-refractivity contribution in [3.63, 3.8) is 0 Å². The summed E-state index contributed by atoms with van der Waals surface area (Å²) in [6, 6.07) is 7.74. The molecule has 4 atom stereocenters. The number of fused-ring (bicyclic) bond motifs is 5. The van der Waals surface area contributed by atoms with Crippen LogP contribution in [0.1, 0.15) is 62.5 Å². The molecule has 0 aliphatic heterocycles. The summed E-state index contributed by atoms with van der Waals surface area (Å²) in [5.74, 6) is 3.61. The van der Waals surface area contributed by atoms with E-state index in [1.54, 1.807) is 12.7 Å². The lowest BCUT2D eigenvalue weighted by Crippen LogP contribution is -2.39. The first-order valence-electron chi connectivity index (χ1n) is 8.30. The maximum atomic E-state index is 5.41. The molecule has 1 nitrogen and oxygen atoms in total. The van der Waals surface area contributed by atoms with E-state index in [1.165, 1.54) is 50.5 Å². The van der Waals surface area contributed by atoms with Crippen LogP contribution in [-0.4, -0.2) is 7.11 Å². The average molecular weight is 269 g/mol. The smallest absolute Gasteiger partial charge is 0.127 e. The minimum Gasteiger partial charge on any atom is -0.496 e. The van der Waals surface area contributed by atoms with Gasteiger partial charge >= 0.3 is 0 Å². The van der Waals surface area contributed by atoms with Gasteiger partial charge in [-0.05, 0) is 85.0 Å². The molecule has 0 aromatic heterocycles. The summed E-state index contributed by atoms with van der Waals surface area (Å²) < 4.78 is 5.41. The topological polar surface area (TPSA) is 9.23 Å². The molecule has 107 valence electrons. The summed E-state index contributed by atoms with van der Waals surface area (Å²) in [5, 5.41) is 0. The van der Waals surface area contributed by atoms with Crippen molar-refractivity contribution >= 4 is 0 Å². The molecule has 1 radical (unpaired) electrons. The van der Waals surface area contributed by atoms with Crippen LogP contribution in [0.25, 0.3) is 0 Å². The second kappa shape index (κ2) is 4.51. The standard InChI is InChI=1S/C19H25O/c1-19-10-3-4-18(19)16-8-6-13-5-7-14(20-2)12-17(13)15(16)9-11-19/h5,12,15-16,18H,3-4,6,8-11H2,1-2H3/t15-,16+,18-,19-/m0/s1. The van der Waals surface area contributed by atoms with Crippen LogP contribution in [0.3, 0.4) is 0 Å². The fourth-order valence-corrected chi connectivity index (χ4v) is 5.59. The summed E-state index contributed by atoms with van der Waals surface area (Å²) in [6.07, 6.45) is 9.88. The molecular weight excluding hydrogens is 244 g/mol. The van der Waals surface area contributed by atoms with Crippen LogP contribution in [0.4, 0.5) is 0 Å². The van der Waals surface area contributed by atoms with E-state index >= 15 is 0 Å². The molecule has 0 unspecified atom stereocenters. The Morgan fingerprint density at radius 1 is 1.25 bits per heavy atom. The fraction of sp³-hybridized carbons (Fsp3) is 0.684. The van der Waals surface area contributed by atoms with Crippen molar-refractivity contribution in [1.29, 1.82) is 0 Å². The van der Waals surface area contributed by atoms with Gasteiger partial charge in [-0.1, -0.05) is 13.3 Å². The quantitative estimate of drug-likeness (QED) is 0.715. The molecule has 2 saturated carbocycles. The zero-order chi connectivity index (χ0) is 13.7. The largest absolute Gasteiger partial charge is 0.496 e. The van der Waals surface area contributed by atoms with Crippen molar-refractivity contribution < 1.29 is 4.74 Å². The first kappa shape index (κ1) is 12.7. The van der Waals surface area contributed by atoms with Crippen LogP contribution >= 0.6 is 0 Å². The minimum absolute atomic E-state index is 0.656. The van der Waals surface area contributed by atoms with Gasteiger partial charge in [-0.15, -0.1) is 0 Å². The monoisotopic (exact) mass is 269 g/mol. The van der Waals surface area contributed by atoms with Gasteiger partial charge in [0.2, 0.25) is 0 Å². The Morgan fingerprint density at radius 3 is 3.00 bits per heavy atom. The number of hydrogen-bond donors (Lipinski definition) is 0. The molecule has 0 saturated heterocycles. The third kappa shape index (κ3) is 1.75. The van der Waals surface area contributed by atoms with E-state index in [0.717, 1.165) is 23.5 Å². The summed E-state index contributed by atoms with van der Waals surface area (Å²) in [6.45, 7) is 2.57. The Kier molecular flexibility index (Phi) is 2.87. The lowest BCUT2D eigenvalue weighted by molar-refractivity contribution is 0.0598. The highest BCUT2D eigenvalue weighted by Gasteiger charge is 2.50. The van der Waals surface area contributed by atoms with Crippen molar-refractivity contribution in [1.82, 2.24) is 0 Å². The van der Waals surface area contributed by atoms with Gasteiger partial charge in [0.1, 0.15) is 5.75 Å². The molecule has 4 rings (SSSR count).